The molecule has 0 saturated heterocycles. The van der Waals surface area contributed by atoms with E-state index in [2.05, 4.69) is 54.6 Å². The Morgan fingerprint density at radius 1 is 1.53 bits per heavy atom. The Morgan fingerprint density at radius 3 is 2.58 bits per heavy atom. The molecule has 1 rings (SSSR count). The van der Waals surface area contributed by atoms with Crippen molar-refractivity contribution in [3.63, 3.8) is 0 Å². The van der Waals surface area contributed by atoms with Crippen LogP contribution in [0.2, 0.25) is 0 Å². The second kappa shape index (κ2) is 7.41. The Morgan fingerprint density at radius 2 is 2.11 bits per heavy atom. The van der Waals surface area contributed by atoms with E-state index in [1.165, 1.54) is 6.21 Å². The monoisotopic (exact) mass is 409 g/mol. The van der Waals surface area contributed by atoms with Gasteiger partial charge >= 0.3 is 5.97 Å². The van der Waals surface area contributed by atoms with Crippen LogP contribution in [-0.4, -0.2) is 29.0 Å². The molecule has 1 aromatic rings. The SMILES string of the molecule is NC(=S)NN=Cc1cc(Br)c(OCC(=O)O)c(Br)c1. The first kappa shape index (κ1) is 15.9. The number of carbonyl (C=O) groups is 1. The molecule has 0 saturated carbocycles. The number of nitrogens with zero attached hydrogens (tertiary/aromatic N) is 1. The van der Waals surface area contributed by atoms with Crippen LogP contribution in [0.25, 0.3) is 0 Å². The summed E-state index contributed by atoms with van der Waals surface area (Å²) in [5.41, 5.74) is 8.39. The lowest BCUT2D eigenvalue weighted by atomic mass is 10.2. The minimum Gasteiger partial charge on any atom is -0.480 e. The van der Waals surface area contributed by atoms with Gasteiger partial charge in [0.25, 0.3) is 0 Å². The molecule has 6 nitrogen and oxygen atoms in total. The fourth-order valence-electron chi connectivity index (χ4n) is 1.10. The van der Waals surface area contributed by atoms with E-state index in [1.54, 1.807) is 12.1 Å². The first-order valence-corrected chi connectivity index (χ1v) is 6.81. The maximum atomic E-state index is 10.5. The average Bonchev–Trinajstić information content (AvgIpc) is 2.26. The minimum absolute atomic E-state index is 0.0655. The van der Waals surface area contributed by atoms with Gasteiger partial charge in [-0.2, -0.15) is 5.10 Å². The first-order valence-electron chi connectivity index (χ1n) is 4.82. The number of hydrogen-bond donors (Lipinski definition) is 3. The van der Waals surface area contributed by atoms with E-state index in [0.29, 0.717) is 14.7 Å². The number of hydrogen-bond acceptors (Lipinski definition) is 4. The smallest absolute Gasteiger partial charge is 0.341 e. The van der Waals surface area contributed by atoms with Crippen molar-refractivity contribution in [1.29, 1.82) is 0 Å². The quantitative estimate of drug-likeness (QED) is 0.389. The highest BCUT2D eigenvalue weighted by Gasteiger charge is 2.10. The molecule has 0 heterocycles. The zero-order chi connectivity index (χ0) is 14.4. The summed E-state index contributed by atoms with van der Waals surface area (Å²) in [6, 6.07) is 3.43. The number of ether oxygens (including phenoxy) is 1. The fraction of sp³-hybridized carbons (Fsp3) is 0.100. The third-order valence-corrected chi connectivity index (χ3v) is 3.02. The van der Waals surface area contributed by atoms with Crippen molar-refractivity contribution in [1.82, 2.24) is 5.43 Å². The molecular weight excluding hydrogens is 402 g/mol. The molecular formula is C10H9Br2N3O3S. The summed E-state index contributed by atoms with van der Waals surface area (Å²) in [4.78, 5) is 10.5. The van der Waals surface area contributed by atoms with Crippen LogP contribution in [0.3, 0.4) is 0 Å². The Balaban J connectivity index is 2.87. The minimum atomic E-state index is -1.05. The molecule has 0 radical (unpaired) electrons. The summed E-state index contributed by atoms with van der Waals surface area (Å²) in [6.45, 7) is -0.423. The van der Waals surface area contributed by atoms with Crippen molar-refractivity contribution in [2.45, 2.75) is 0 Å². The Bertz CT molecular complexity index is 514. The molecule has 9 heteroatoms. The zero-order valence-corrected chi connectivity index (χ0v) is 13.4. The van der Waals surface area contributed by atoms with Crippen LogP contribution in [0.5, 0.6) is 5.75 Å². The van der Waals surface area contributed by atoms with Gasteiger partial charge in [-0.25, -0.2) is 4.79 Å². The van der Waals surface area contributed by atoms with Gasteiger partial charge in [-0.3, -0.25) is 5.43 Å². The number of carboxylic acid groups (broad SMARTS) is 1. The molecule has 0 unspecified atom stereocenters. The Labute approximate surface area is 131 Å². The van der Waals surface area contributed by atoms with Crippen LogP contribution in [0.1, 0.15) is 5.56 Å². The normalized spacial score (nSPS) is 10.4. The molecule has 0 aliphatic heterocycles. The van der Waals surface area contributed by atoms with Crippen molar-refractivity contribution < 1.29 is 14.6 Å². The van der Waals surface area contributed by atoms with Gasteiger partial charge in [0, 0.05) is 0 Å². The van der Waals surface area contributed by atoms with E-state index in [0.717, 1.165) is 5.56 Å². The molecule has 0 atom stereocenters. The van der Waals surface area contributed by atoms with Gasteiger partial charge < -0.3 is 15.6 Å². The highest BCUT2D eigenvalue weighted by molar-refractivity contribution is 9.11. The molecule has 102 valence electrons. The van der Waals surface area contributed by atoms with E-state index in [-0.39, 0.29) is 5.11 Å². The van der Waals surface area contributed by atoms with Gasteiger partial charge in [-0.1, -0.05) is 0 Å². The summed E-state index contributed by atoms with van der Waals surface area (Å²) >= 11 is 11.2. The molecule has 1 aromatic carbocycles. The van der Waals surface area contributed by atoms with Crippen LogP contribution in [0, 0.1) is 0 Å². The third-order valence-electron chi connectivity index (χ3n) is 1.75. The summed E-state index contributed by atoms with van der Waals surface area (Å²) in [6.07, 6.45) is 1.51. The van der Waals surface area contributed by atoms with E-state index in [1.807, 2.05) is 0 Å². The van der Waals surface area contributed by atoms with Crippen LogP contribution in [0.15, 0.2) is 26.2 Å². The predicted molar refractivity (Wildman–Crippen MR) is 82.5 cm³/mol. The van der Waals surface area contributed by atoms with E-state index >= 15 is 0 Å². The summed E-state index contributed by atoms with van der Waals surface area (Å²) < 4.78 is 6.33. The van der Waals surface area contributed by atoms with Crippen molar-refractivity contribution in [2.24, 2.45) is 10.8 Å². The number of hydrazone groups is 1. The molecule has 0 fully saturated rings. The lowest BCUT2D eigenvalue weighted by Gasteiger charge is -2.09. The number of rotatable bonds is 5. The zero-order valence-electron chi connectivity index (χ0n) is 9.39. The van der Waals surface area contributed by atoms with Gasteiger partial charge in [-0.05, 0) is 61.8 Å². The molecule has 0 amide bonds. The molecule has 19 heavy (non-hydrogen) atoms. The van der Waals surface area contributed by atoms with Gasteiger partial charge in [0.2, 0.25) is 0 Å². The summed E-state index contributed by atoms with van der Waals surface area (Å²) in [5, 5.41) is 12.4. The first-order chi connectivity index (χ1) is 8.90. The summed E-state index contributed by atoms with van der Waals surface area (Å²) in [7, 11) is 0. The fourth-order valence-corrected chi connectivity index (χ4v) is 2.60. The third kappa shape index (κ3) is 5.53. The van der Waals surface area contributed by atoms with Gasteiger partial charge in [0.1, 0.15) is 5.75 Å². The molecule has 4 N–H and O–H groups in total. The number of thiocarbonyl (C=S) groups is 1. The number of halogens is 2. The lowest BCUT2D eigenvalue weighted by Crippen LogP contribution is -2.23. The highest BCUT2D eigenvalue weighted by Crippen LogP contribution is 2.34. The Hall–Kier alpha value is -1.19. The standard InChI is InChI=1S/C10H9Br2N3O3S/c11-6-1-5(3-14-15-10(13)19)2-7(12)9(6)18-4-8(16)17/h1-3H,4H2,(H,16,17)(H3,13,15,19). The molecule has 0 aromatic heterocycles. The van der Waals surface area contributed by atoms with Gasteiger partial charge in [-0.15, -0.1) is 0 Å². The average molecular weight is 411 g/mol. The van der Waals surface area contributed by atoms with E-state index < -0.39 is 12.6 Å². The van der Waals surface area contributed by atoms with Gasteiger partial charge in [0.05, 0.1) is 15.2 Å². The predicted octanol–water partition coefficient (Wildman–Crippen LogP) is 1.84. The summed E-state index contributed by atoms with van der Waals surface area (Å²) in [5.74, 6) is -0.646. The molecule has 0 spiro atoms. The Kier molecular flexibility index (Phi) is 6.19. The van der Waals surface area contributed by atoms with Crippen LogP contribution >= 0.6 is 44.1 Å². The highest BCUT2D eigenvalue weighted by atomic mass is 79.9. The van der Waals surface area contributed by atoms with Crippen LogP contribution in [0.4, 0.5) is 0 Å². The second-order valence-corrected chi connectivity index (χ2v) is 5.38. The van der Waals surface area contributed by atoms with Crippen molar-refractivity contribution >= 4 is 61.4 Å². The van der Waals surface area contributed by atoms with Crippen molar-refractivity contribution in [2.75, 3.05) is 6.61 Å². The molecule has 0 aliphatic carbocycles. The van der Waals surface area contributed by atoms with E-state index in [4.69, 9.17) is 15.6 Å². The molecule has 0 bridgehead atoms. The number of carboxylic acids is 1. The largest absolute Gasteiger partial charge is 0.480 e. The van der Waals surface area contributed by atoms with E-state index in [9.17, 15) is 4.79 Å². The van der Waals surface area contributed by atoms with Crippen molar-refractivity contribution in [3.8, 4) is 5.75 Å². The number of aliphatic carboxylic acids is 1. The van der Waals surface area contributed by atoms with Crippen LogP contribution in [-0.2, 0) is 4.79 Å². The lowest BCUT2D eigenvalue weighted by molar-refractivity contribution is -0.139. The van der Waals surface area contributed by atoms with Crippen molar-refractivity contribution in [3.05, 3.63) is 26.6 Å². The maximum Gasteiger partial charge on any atom is 0.341 e. The number of benzene rings is 1. The second-order valence-electron chi connectivity index (χ2n) is 3.23. The topological polar surface area (TPSA) is 96.9 Å². The number of nitrogens with one attached hydrogen (secondary N) is 1. The van der Waals surface area contributed by atoms with Gasteiger partial charge in [0.15, 0.2) is 11.7 Å². The van der Waals surface area contributed by atoms with Crippen LogP contribution < -0.4 is 15.9 Å². The number of nitrogens with two attached hydrogens (primary N) is 1. The maximum absolute atomic E-state index is 10.5. The molecule has 0 aliphatic rings.